The van der Waals surface area contributed by atoms with Crippen molar-refractivity contribution in [1.29, 1.82) is 0 Å². The molecular formula is C11H12O. The van der Waals surface area contributed by atoms with E-state index in [9.17, 15) is 0 Å². The van der Waals surface area contributed by atoms with Crippen LogP contribution < -0.4 is 0 Å². The average Bonchev–Trinajstić information content (AvgIpc) is 2.78. The minimum atomic E-state index is 0.464. The quantitative estimate of drug-likeness (QED) is 0.574. The Hall–Kier alpha value is -0.820. The third kappa shape index (κ3) is 0.721. The van der Waals surface area contributed by atoms with Gasteiger partial charge in [0.2, 0.25) is 0 Å². The lowest BCUT2D eigenvalue weighted by atomic mass is 10.0. The van der Waals surface area contributed by atoms with Crippen LogP contribution in [0.25, 0.3) is 0 Å². The van der Waals surface area contributed by atoms with E-state index in [1.54, 1.807) is 5.56 Å². The Kier molecular flexibility index (Phi) is 1.17. The molecule has 1 aromatic carbocycles. The van der Waals surface area contributed by atoms with Gasteiger partial charge in [0.25, 0.3) is 0 Å². The van der Waals surface area contributed by atoms with E-state index >= 15 is 0 Å². The van der Waals surface area contributed by atoms with Gasteiger partial charge in [0.1, 0.15) is 6.10 Å². The van der Waals surface area contributed by atoms with E-state index in [0.29, 0.717) is 12.2 Å². The largest absolute Gasteiger partial charge is 0.364 e. The lowest BCUT2D eigenvalue weighted by Gasteiger charge is -2.07. The Labute approximate surface area is 72.4 Å². The van der Waals surface area contributed by atoms with Gasteiger partial charge in [-0.15, -0.1) is 0 Å². The summed E-state index contributed by atoms with van der Waals surface area (Å²) in [5.74, 6) is 0. The molecule has 1 nitrogen and oxygen atoms in total. The second-order valence-corrected chi connectivity index (χ2v) is 3.64. The number of hydrogen-bond acceptors (Lipinski definition) is 1. The van der Waals surface area contributed by atoms with E-state index in [-0.39, 0.29) is 0 Å². The zero-order chi connectivity index (χ0) is 8.13. The van der Waals surface area contributed by atoms with E-state index in [2.05, 4.69) is 25.1 Å². The van der Waals surface area contributed by atoms with Crippen molar-refractivity contribution in [3.05, 3.63) is 34.9 Å². The van der Waals surface area contributed by atoms with E-state index < -0.39 is 0 Å². The first-order valence-electron chi connectivity index (χ1n) is 4.66. The molecule has 0 amide bonds. The molecule has 1 aromatic rings. The Morgan fingerprint density at radius 3 is 3.25 bits per heavy atom. The van der Waals surface area contributed by atoms with Gasteiger partial charge in [0.05, 0.1) is 6.10 Å². The first-order valence-corrected chi connectivity index (χ1v) is 4.66. The van der Waals surface area contributed by atoms with Crippen LogP contribution in [-0.2, 0) is 17.6 Å². The van der Waals surface area contributed by atoms with E-state index in [1.165, 1.54) is 11.1 Å². The molecule has 2 atom stereocenters. The molecule has 1 saturated heterocycles. The van der Waals surface area contributed by atoms with Gasteiger partial charge in [-0.25, -0.2) is 0 Å². The Balaban J connectivity index is 2.16. The first kappa shape index (κ1) is 6.67. The average molecular weight is 160 g/mol. The van der Waals surface area contributed by atoms with Gasteiger partial charge >= 0.3 is 0 Å². The zero-order valence-corrected chi connectivity index (χ0v) is 7.21. The summed E-state index contributed by atoms with van der Waals surface area (Å²) in [5.41, 5.74) is 4.55. The van der Waals surface area contributed by atoms with Crippen molar-refractivity contribution in [2.24, 2.45) is 0 Å². The predicted molar refractivity (Wildman–Crippen MR) is 47.1 cm³/mol. The SMILES string of the molecule is CCc1cccc2c1CC1OC21. The van der Waals surface area contributed by atoms with Crippen LogP contribution in [0.4, 0.5) is 0 Å². The molecule has 2 unspecified atom stereocenters. The molecule has 62 valence electrons. The van der Waals surface area contributed by atoms with Crippen molar-refractivity contribution in [2.75, 3.05) is 0 Å². The molecule has 0 N–H and O–H groups in total. The summed E-state index contributed by atoms with van der Waals surface area (Å²) in [7, 11) is 0. The summed E-state index contributed by atoms with van der Waals surface area (Å²) in [6.45, 7) is 2.22. The second kappa shape index (κ2) is 2.11. The molecule has 1 heterocycles. The van der Waals surface area contributed by atoms with Crippen LogP contribution >= 0.6 is 0 Å². The van der Waals surface area contributed by atoms with Gasteiger partial charge in [-0.05, 0) is 23.1 Å². The molecule has 0 aromatic heterocycles. The molecule has 2 aliphatic rings. The van der Waals surface area contributed by atoms with Crippen LogP contribution in [0.15, 0.2) is 18.2 Å². The van der Waals surface area contributed by atoms with E-state index in [4.69, 9.17) is 4.74 Å². The molecule has 0 bridgehead atoms. The van der Waals surface area contributed by atoms with E-state index in [1.807, 2.05) is 0 Å². The summed E-state index contributed by atoms with van der Waals surface area (Å²) in [6, 6.07) is 6.61. The fourth-order valence-corrected chi connectivity index (χ4v) is 2.27. The molecule has 0 radical (unpaired) electrons. The van der Waals surface area contributed by atoms with E-state index in [0.717, 1.165) is 12.8 Å². The molecule has 0 spiro atoms. The lowest BCUT2D eigenvalue weighted by Crippen LogP contribution is -1.95. The van der Waals surface area contributed by atoms with Crippen LogP contribution in [-0.4, -0.2) is 6.10 Å². The highest BCUT2D eigenvalue weighted by molar-refractivity contribution is 5.44. The lowest BCUT2D eigenvalue weighted by molar-refractivity contribution is 0.360. The number of benzene rings is 1. The summed E-state index contributed by atoms with van der Waals surface area (Å²) in [4.78, 5) is 0. The topological polar surface area (TPSA) is 12.5 Å². The number of aryl methyl sites for hydroxylation is 1. The minimum Gasteiger partial charge on any atom is -0.364 e. The van der Waals surface area contributed by atoms with Crippen molar-refractivity contribution < 1.29 is 4.74 Å². The maximum absolute atomic E-state index is 5.48. The Morgan fingerprint density at radius 2 is 2.42 bits per heavy atom. The molecule has 12 heavy (non-hydrogen) atoms. The van der Waals surface area contributed by atoms with Crippen molar-refractivity contribution in [1.82, 2.24) is 0 Å². The van der Waals surface area contributed by atoms with Crippen LogP contribution in [0.5, 0.6) is 0 Å². The molecule has 1 aliphatic heterocycles. The van der Waals surface area contributed by atoms with Crippen molar-refractivity contribution in [2.45, 2.75) is 32.0 Å². The normalized spacial score (nSPS) is 29.8. The van der Waals surface area contributed by atoms with Crippen LogP contribution in [0.2, 0.25) is 0 Å². The predicted octanol–water partition coefficient (Wildman–Crippen LogP) is 2.25. The number of rotatable bonds is 1. The van der Waals surface area contributed by atoms with Crippen LogP contribution in [0.3, 0.4) is 0 Å². The number of ether oxygens (including phenoxy) is 1. The van der Waals surface area contributed by atoms with Crippen molar-refractivity contribution in [3.63, 3.8) is 0 Å². The highest BCUT2D eigenvalue weighted by Crippen LogP contribution is 2.49. The Morgan fingerprint density at radius 1 is 1.50 bits per heavy atom. The van der Waals surface area contributed by atoms with Crippen LogP contribution in [0, 0.1) is 0 Å². The van der Waals surface area contributed by atoms with Crippen molar-refractivity contribution in [3.8, 4) is 0 Å². The molecule has 0 saturated carbocycles. The summed E-state index contributed by atoms with van der Waals surface area (Å²) in [5, 5.41) is 0. The molecule has 3 rings (SSSR count). The monoisotopic (exact) mass is 160 g/mol. The van der Waals surface area contributed by atoms with Gasteiger partial charge in [-0.2, -0.15) is 0 Å². The summed E-state index contributed by atoms with van der Waals surface area (Å²) >= 11 is 0. The third-order valence-electron chi connectivity index (χ3n) is 2.98. The molecule has 1 fully saturated rings. The van der Waals surface area contributed by atoms with Crippen LogP contribution in [0.1, 0.15) is 29.7 Å². The minimum absolute atomic E-state index is 0.464. The number of hydrogen-bond donors (Lipinski definition) is 0. The van der Waals surface area contributed by atoms with Crippen molar-refractivity contribution >= 4 is 0 Å². The first-order chi connectivity index (χ1) is 5.90. The maximum atomic E-state index is 5.48. The fraction of sp³-hybridized carbons (Fsp3) is 0.455. The highest BCUT2D eigenvalue weighted by atomic mass is 16.6. The summed E-state index contributed by atoms with van der Waals surface area (Å²) < 4.78 is 5.48. The Bertz CT molecular complexity index is 330. The summed E-state index contributed by atoms with van der Waals surface area (Å²) in [6.07, 6.45) is 3.31. The highest BCUT2D eigenvalue weighted by Gasteiger charge is 2.47. The molecular weight excluding hydrogens is 148 g/mol. The molecule has 1 aliphatic carbocycles. The standard InChI is InChI=1S/C11H12O/c1-2-7-4-3-5-8-9(7)6-10-11(8)12-10/h3-5,10-11H,2,6H2,1H3. The van der Waals surface area contributed by atoms with Gasteiger partial charge < -0.3 is 4.74 Å². The van der Waals surface area contributed by atoms with Gasteiger partial charge in [-0.3, -0.25) is 0 Å². The fourth-order valence-electron chi connectivity index (χ4n) is 2.27. The zero-order valence-electron chi connectivity index (χ0n) is 7.21. The smallest absolute Gasteiger partial charge is 0.110 e. The maximum Gasteiger partial charge on any atom is 0.110 e. The van der Waals surface area contributed by atoms with Gasteiger partial charge in [0.15, 0.2) is 0 Å². The third-order valence-corrected chi connectivity index (χ3v) is 2.98. The number of fused-ring (bicyclic) bond motifs is 3. The molecule has 1 heteroatoms. The van der Waals surface area contributed by atoms with Gasteiger partial charge in [-0.1, -0.05) is 25.1 Å². The van der Waals surface area contributed by atoms with Gasteiger partial charge in [0, 0.05) is 6.42 Å². The second-order valence-electron chi connectivity index (χ2n) is 3.64. The number of epoxide rings is 1.